The summed E-state index contributed by atoms with van der Waals surface area (Å²) in [7, 11) is 0. The SMILES string of the molecule is CCc1oc(C(=O)NCC2(C)CCNCC2)cc1C. The lowest BCUT2D eigenvalue weighted by Gasteiger charge is -2.33. The molecule has 0 atom stereocenters. The van der Waals surface area contributed by atoms with Gasteiger partial charge < -0.3 is 15.1 Å². The molecule has 0 spiro atoms. The van der Waals surface area contributed by atoms with E-state index in [1.807, 2.05) is 19.9 Å². The zero-order valence-electron chi connectivity index (χ0n) is 12.1. The van der Waals surface area contributed by atoms with Gasteiger partial charge >= 0.3 is 0 Å². The highest BCUT2D eigenvalue weighted by Gasteiger charge is 2.27. The third kappa shape index (κ3) is 3.38. The molecular weight excluding hydrogens is 240 g/mol. The minimum Gasteiger partial charge on any atom is -0.456 e. The number of carbonyl (C=O) groups is 1. The molecule has 1 saturated heterocycles. The molecule has 0 bridgehead atoms. The summed E-state index contributed by atoms with van der Waals surface area (Å²) in [4.78, 5) is 12.1. The average Bonchev–Trinajstić information content (AvgIpc) is 2.78. The first-order valence-electron chi connectivity index (χ1n) is 7.12. The molecule has 0 saturated carbocycles. The van der Waals surface area contributed by atoms with Crippen molar-refractivity contribution in [1.29, 1.82) is 0 Å². The fourth-order valence-electron chi connectivity index (χ4n) is 2.57. The van der Waals surface area contributed by atoms with Gasteiger partial charge in [-0.25, -0.2) is 0 Å². The first-order valence-corrected chi connectivity index (χ1v) is 7.12. The van der Waals surface area contributed by atoms with Crippen molar-refractivity contribution in [3.8, 4) is 0 Å². The molecule has 1 aliphatic heterocycles. The third-order valence-corrected chi connectivity index (χ3v) is 4.05. The molecule has 0 unspecified atom stereocenters. The van der Waals surface area contributed by atoms with Gasteiger partial charge in [0.2, 0.25) is 0 Å². The van der Waals surface area contributed by atoms with E-state index in [-0.39, 0.29) is 11.3 Å². The molecule has 4 nitrogen and oxygen atoms in total. The number of rotatable bonds is 4. The van der Waals surface area contributed by atoms with Crippen molar-refractivity contribution in [2.45, 2.75) is 40.0 Å². The predicted molar refractivity (Wildman–Crippen MR) is 75.4 cm³/mol. The number of amides is 1. The van der Waals surface area contributed by atoms with Crippen LogP contribution in [-0.4, -0.2) is 25.5 Å². The summed E-state index contributed by atoms with van der Waals surface area (Å²) < 4.78 is 5.57. The Bertz CT molecular complexity index is 445. The molecule has 0 radical (unpaired) electrons. The van der Waals surface area contributed by atoms with Crippen LogP contribution in [0.25, 0.3) is 0 Å². The summed E-state index contributed by atoms with van der Waals surface area (Å²) in [5, 5.41) is 6.36. The van der Waals surface area contributed by atoms with Crippen molar-refractivity contribution < 1.29 is 9.21 Å². The number of piperidine rings is 1. The van der Waals surface area contributed by atoms with Crippen LogP contribution in [0, 0.1) is 12.3 Å². The Kier molecular flexibility index (Phi) is 4.30. The van der Waals surface area contributed by atoms with Gasteiger partial charge in [0, 0.05) is 13.0 Å². The van der Waals surface area contributed by atoms with E-state index in [9.17, 15) is 4.79 Å². The number of furan rings is 1. The van der Waals surface area contributed by atoms with Gasteiger partial charge in [-0.1, -0.05) is 13.8 Å². The van der Waals surface area contributed by atoms with Crippen molar-refractivity contribution in [3.05, 3.63) is 23.2 Å². The zero-order chi connectivity index (χ0) is 13.9. The molecule has 19 heavy (non-hydrogen) atoms. The molecule has 0 aliphatic carbocycles. The van der Waals surface area contributed by atoms with E-state index < -0.39 is 0 Å². The van der Waals surface area contributed by atoms with Gasteiger partial charge in [0.15, 0.2) is 5.76 Å². The Morgan fingerprint density at radius 3 is 2.74 bits per heavy atom. The minimum atomic E-state index is -0.0949. The van der Waals surface area contributed by atoms with Crippen LogP contribution in [0.15, 0.2) is 10.5 Å². The lowest BCUT2D eigenvalue weighted by Crippen LogP contribution is -2.42. The van der Waals surface area contributed by atoms with Crippen LogP contribution in [0.4, 0.5) is 0 Å². The number of hydrogen-bond donors (Lipinski definition) is 2. The summed E-state index contributed by atoms with van der Waals surface area (Å²) in [5.41, 5.74) is 1.26. The molecule has 1 aromatic heterocycles. The van der Waals surface area contributed by atoms with Gasteiger partial charge in [-0.15, -0.1) is 0 Å². The van der Waals surface area contributed by atoms with Gasteiger partial charge in [0.25, 0.3) is 5.91 Å². The van der Waals surface area contributed by atoms with Crippen LogP contribution in [-0.2, 0) is 6.42 Å². The lowest BCUT2D eigenvalue weighted by atomic mass is 9.81. The summed E-state index contributed by atoms with van der Waals surface area (Å²) >= 11 is 0. The number of nitrogens with one attached hydrogen (secondary N) is 2. The quantitative estimate of drug-likeness (QED) is 0.877. The normalized spacial score (nSPS) is 18.3. The summed E-state index contributed by atoms with van der Waals surface area (Å²) in [6, 6.07) is 1.83. The zero-order valence-corrected chi connectivity index (χ0v) is 12.1. The van der Waals surface area contributed by atoms with Crippen molar-refractivity contribution in [2.75, 3.05) is 19.6 Å². The molecule has 2 N–H and O–H groups in total. The van der Waals surface area contributed by atoms with Crippen LogP contribution in [0.5, 0.6) is 0 Å². The van der Waals surface area contributed by atoms with Gasteiger partial charge in [0.1, 0.15) is 5.76 Å². The minimum absolute atomic E-state index is 0.0949. The summed E-state index contributed by atoms with van der Waals surface area (Å²) in [6.07, 6.45) is 3.03. The van der Waals surface area contributed by atoms with Crippen molar-refractivity contribution in [2.24, 2.45) is 5.41 Å². The molecule has 2 rings (SSSR count). The van der Waals surface area contributed by atoms with E-state index in [1.165, 1.54) is 0 Å². The fraction of sp³-hybridized carbons (Fsp3) is 0.667. The van der Waals surface area contributed by atoms with Crippen LogP contribution < -0.4 is 10.6 Å². The topological polar surface area (TPSA) is 54.3 Å². The molecule has 4 heteroatoms. The predicted octanol–water partition coefficient (Wildman–Crippen LogP) is 2.27. The summed E-state index contributed by atoms with van der Waals surface area (Å²) in [5.74, 6) is 1.24. The Morgan fingerprint density at radius 2 is 2.16 bits per heavy atom. The highest BCUT2D eigenvalue weighted by atomic mass is 16.4. The van der Waals surface area contributed by atoms with Crippen LogP contribution >= 0.6 is 0 Å². The standard InChI is InChI=1S/C15H24N2O2/c1-4-12-11(2)9-13(19-12)14(18)17-10-15(3)5-7-16-8-6-15/h9,16H,4-8,10H2,1-3H3,(H,17,18). The third-order valence-electron chi connectivity index (χ3n) is 4.05. The first kappa shape index (κ1) is 14.1. The van der Waals surface area contributed by atoms with E-state index in [1.54, 1.807) is 0 Å². The first-order chi connectivity index (χ1) is 9.04. The van der Waals surface area contributed by atoms with Crippen molar-refractivity contribution in [1.82, 2.24) is 10.6 Å². The molecule has 106 valence electrons. The van der Waals surface area contributed by atoms with Crippen LogP contribution in [0.2, 0.25) is 0 Å². The maximum atomic E-state index is 12.1. The van der Waals surface area contributed by atoms with Crippen LogP contribution in [0.3, 0.4) is 0 Å². The second-order valence-corrected chi connectivity index (χ2v) is 5.81. The highest BCUT2D eigenvalue weighted by Crippen LogP contribution is 2.26. The number of carbonyl (C=O) groups excluding carboxylic acids is 1. The van der Waals surface area contributed by atoms with Gasteiger partial charge in [-0.05, 0) is 49.9 Å². The van der Waals surface area contributed by atoms with Crippen LogP contribution in [0.1, 0.15) is 48.6 Å². The lowest BCUT2D eigenvalue weighted by molar-refractivity contribution is 0.0893. The Morgan fingerprint density at radius 1 is 1.47 bits per heavy atom. The Balaban J connectivity index is 1.93. The second kappa shape index (κ2) is 5.78. The van der Waals surface area contributed by atoms with Crippen molar-refractivity contribution >= 4 is 5.91 Å². The molecule has 1 fully saturated rings. The molecule has 1 aromatic rings. The largest absolute Gasteiger partial charge is 0.456 e. The highest BCUT2D eigenvalue weighted by molar-refractivity contribution is 5.91. The fourth-order valence-corrected chi connectivity index (χ4v) is 2.57. The van der Waals surface area contributed by atoms with E-state index in [2.05, 4.69) is 17.6 Å². The average molecular weight is 264 g/mol. The van der Waals surface area contributed by atoms with E-state index in [0.717, 1.165) is 43.7 Å². The molecule has 1 amide bonds. The van der Waals surface area contributed by atoms with E-state index in [4.69, 9.17) is 4.42 Å². The van der Waals surface area contributed by atoms with Gasteiger partial charge in [-0.3, -0.25) is 4.79 Å². The van der Waals surface area contributed by atoms with Crippen molar-refractivity contribution in [3.63, 3.8) is 0 Å². The van der Waals surface area contributed by atoms with E-state index >= 15 is 0 Å². The summed E-state index contributed by atoms with van der Waals surface area (Å²) in [6.45, 7) is 9.03. The molecule has 0 aromatic carbocycles. The second-order valence-electron chi connectivity index (χ2n) is 5.81. The van der Waals surface area contributed by atoms with Gasteiger partial charge in [0.05, 0.1) is 0 Å². The van der Waals surface area contributed by atoms with Gasteiger partial charge in [-0.2, -0.15) is 0 Å². The monoisotopic (exact) mass is 264 g/mol. The molecule has 2 heterocycles. The maximum absolute atomic E-state index is 12.1. The van der Waals surface area contributed by atoms with E-state index in [0.29, 0.717) is 12.3 Å². The molecule has 1 aliphatic rings. The Hall–Kier alpha value is -1.29. The number of hydrogen-bond acceptors (Lipinski definition) is 3. The Labute approximate surface area is 114 Å². The molecular formula is C15H24N2O2. The number of aryl methyl sites for hydroxylation is 2. The smallest absolute Gasteiger partial charge is 0.287 e. The maximum Gasteiger partial charge on any atom is 0.287 e.